The van der Waals surface area contributed by atoms with Gasteiger partial charge < -0.3 is 9.57 Å². The Bertz CT molecular complexity index is 839. The van der Waals surface area contributed by atoms with Crippen LogP contribution in [0.4, 0.5) is 13.2 Å². The van der Waals surface area contributed by atoms with Gasteiger partial charge in [0.25, 0.3) is 0 Å². The third-order valence-corrected chi connectivity index (χ3v) is 4.40. The Kier molecular flexibility index (Phi) is 6.02. The van der Waals surface area contributed by atoms with E-state index in [2.05, 4.69) is 5.16 Å². The molecular weight excluding hydrogens is 371 g/mol. The zero-order valence-electron chi connectivity index (χ0n) is 15.3. The largest absolute Gasteiger partial charge is 0.486 e. The Labute approximate surface area is 161 Å². The van der Waals surface area contributed by atoms with Crippen molar-refractivity contribution in [2.45, 2.75) is 32.5 Å². The van der Waals surface area contributed by atoms with Crippen molar-refractivity contribution in [3.63, 3.8) is 0 Å². The van der Waals surface area contributed by atoms with Crippen LogP contribution in [0.15, 0.2) is 53.7 Å². The first-order chi connectivity index (χ1) is 13.3. The van der Waals surface area contributed by atoms with Gasteiger partial charge in [-0.15, -0.1) is 0 Å². The number of hydrogen-bond donors (Lipinski definition) is 0. The highest BCUT2D eigenvalue weighted by Gasteiger charge is 2.30. The molecule has 0 spiro atoms. The maximum absolute atomic E-state index is 12.5. The second-order valence-electron chi connectivity index (χ2n) is 6.70. The number of alkyl halides is 3. The van der Waals surface area contributed by atoms with E-state index < -0.39 is 11.7 Å². The van der Waals surface area contributed by atoms with Crippen LogP contribution in [0.3, 0.4) is 0 Å². The summed E-state index contributed by atoms with van der Waals surface area (Å²) in [7, 11) is 0. The summed E-state index contributed by atoms with van der Waals surface area (Å²) in [5.41, 5.74) is 1.33. The number of Topliss-reactive ketones (excluding diaryl/α,β-unsaturated/α-hetero) is 1. The number of benzene rings is 2. The Morgan fingerprint density at radius 3 is 2.29 bits per heavy atom. The predicted molar refractivity (Wildman–Crippen MR) is 98.1 cm³/mol. The molecule has 2 aromatic rings. The van der Waals surface area contributed by atoms with E-state index in [1.54, 1.807) is 31.2 Å². The number of hydrogen-bond acceptors (Lipinski definition) is 4. The van der Waals surface area contributed by atoms with Crippen molar-refractivity contribution in [3.05, 3.63) is 65.2 Å². The van der Waals surface area contributed by atoms with Gasteiger partial charge in [-0.1, -0.05) is 17.3 Å². The molecule has 4 nitrogen and oxygen atoms in total. The molecule has 0 atom stereocenters. The maximum Gasteiger partial charge on any atom is 0.416 e. The minimum atomic E-state index is -4.35. The SMILES string of the molecule is C/C(=N\OCc1ccc(C(F)(F)F)cc1)c1ccc(OCC(=O)C2CC2)cc1. The minimum Gasteiger partial charge on any atom is -0.486 e. The molecular formula is C21H20F3NO3. The molecule has 3 rings (SSSR count). The van der Waals surface area contributed by atoms with E-state index in [1.165, 1.54) is 12.1 Å². The van der Waals surface area contributed by atoms with Crippen molar-refractivity contribution in [1.29, 1.82) is 0 Å². The summed E-state index contributed by atoms with van der Waals surface area (Å²) >= 11 is 0. The number of ketones is 1. The van der Waals surface area contributed by atoms with Crippen LogP contribution >= 0.6 is 0 Å². The monoisotopic (exact) mass is 391 g/mol. The molecule has 0 heterocycles. The molecule has 1 aliphatic rings. The van der Waals surface area contributed by atoms with Crippen molar-refractivity contribution in [1.82, 2.24) is 0 Å². The Morgan fingerprint density at radius 2 is 1.71 bits per heavy atom. The molecule has 28 heavy (non-hydrogen) atoms. The third kappa shape index (κ3) is 5.58. The highest BCUT2D eigenvalue weighted by Crippen LogP contribution is 2.30. The zero-order valence-corrected chi connectivity index (χ0v) is 15.3. The Morgan fingerprint density at radius 1 is 1.07 bits per heavy atom. The summed E-state index contributed by atoms with van der Waals surface area (Å²) in [6, 6.07) is 11.9. The van der Waals surface area contributed by atoms with Crippen LogP contribution in [-0.4, -0.2) is 18.1 Å². The molecule has 0 amide bonds. The lowest BCUT2D eigenvalue weighted by molar-refractivity contribution is -0.137. The first kappa shape index (κ1) is 19.9. The standard InChI is InChI=1S/C21H20F3NO3/c1-14(25-28-12-15-2-8-18(9-3-15)21(22,23)24)16-6-10-19(11-7-16)27-13-20(26)17-4-5-17/h2-3,6-11,17H,4-5,12-13H2,1H3/b25-14+. The highest BCUT2D eigenvalue weighted by atomic mass is 19.4. The van der Waals surface area contributed by atoms with E-state index >= 15 is 0 Å². The molecule has 0 radical (unpaired) electrons. The van der Waals surface area contributed by atoms with Crippen LogP contribution in [0.1, 0.15) is 36.5 Å². The highest BCUT2D eigenvalue weighted by molar-refractivity contribution is 5.98. The fourth-order valence-electron chi connectivity index (χ4n) is 2.52. The van der Waals surface area contributed by atoms with Crippen LogP contribution in [0.5, 0.6) is 5.75 Å². The number of carbonyl (C=O) groups is 1. The van der Waals surface area contributed by atoms with Gasteiger partial charge in [-0.3, -0.25) is 4.79 Å². The van der Waals surface area contributed by atoms with E-state index in [-0.39, 0.29) is 24.9 Å². The van der Waals surface area contributed by atoms with Crippen LogP contribution in [0.25, 0.3) is 0 Å². The maximum atomic E-state index is 12.5. The first-order valence-electron chi connectivity index (χ1n) is 8.91. The fourth-order valence-corrected chi connectivity index (χ4v) is 2.52. The summed E-state index contributed by atoms with van der Waals surface area (Å²) in [6.07, 6.45) is -2.43. The van der Waals surface area contributed by atoms with Gasteiger partial charge in [-0.25, -0.2) is 0 Å². The third-order valence-electron chi connectivity index (χ3n) is 4.40. The number of oxime groups is 1. The lowest BCUT2D eigenvalue weighted by Gasteiger charge is -2.08. The second kappa shape index (κ2) is 8.46. The molecule has 7 heteroatoms. The van der Waals surface area contributed by atoms with E-state index in [0.717, 1.165) is 30.5 Å². The van der Waals surface area contributed by atoms with E-state index in [0.29, 0.717) is 17.0 Å². The van der Waals surface area contributed by atoms with Gasteiger partial charge in [-0.2, -0.15) is 13.2 Å². The predicted octanol–water partition coefficient (Wildman–Crippen LogP) is 5.00. The van der Waals surface area contributed by atoms with E-state index in [4.69, 9.17) is 9.57 Å². The summed E-state index contributed by atoms with van der Waals surface area (Å²) < 4.78 is 43.1. The normalized spacial score (nSPS) is 14.6. The molecule has 0 bridgehead atoms. The van der Waals surface area contributed by atoms with E-state index in [1.807, 2.05) is 0 Å². The van der Waals surface area contributed by atoms with Crippen molar-refractivity contribution in [2.75, 3.05) is 6.61 Å². The molecule has 0 saturated heterocycles. The van der Waals surface area contributed by atoms with Crippen LogP contribution in [0, 0.1) is 5.92 Å². The number of rotatable bonds is 8. The summed E-state index contributed by atoms with van der Waals surface area (Å²) in [5, 5.41) is 4.00. The van der Waals surface area contributed by atoms with Crippen molar-refractivity contribution in [2.24, 2.45) is 11.1 Å². The zero-order chi connectivity index (χ0) is 20.1. The molecule has 1 fully saturated rings. The fraction of sp³-hybridized carbons (Fsp3) is 0.333. The average Bonchev–Trinajstić information content (AvgIpc) is 3.51. The van der Waals surface area contributed by atoms with Crippen molar-refractivity contribution >= 4 is 11.5 Å². The molecule has 148 valence electrons. The smallest absolute Gasteiger partial charge is 0.416 e. The lowest BCUT2D eigenvalue weighted by Crippen LogP contribution is -2.12. The van der Waals surface area contributed by atoms with Gasteiger partial charge in [0.1, 0.15) is 19.0 Å². The van der Waals surface area contributed by atoms with Crippen molar-refractivity contribution in [3.8, 4) is 5.75 Å². The first-order valence-corrected chi connectivity index (χ1v) is 8.91. The number of nitrogens with zero attached hydrogens (tertiary/aromatic N) is 1. The van der Waals surface area contributed by atoms with Gasteiger partial charge in [0.05, 0.1) is 11.3 Å². The number of ether oxygens (including phenoxy) is 1. The molecule has 0 aromatic heterocycles. The molecule has 1 saturated carbocycles. The summed E-state index contributed by atoms with van der Waals surface area (Å²) in [4.78, 5) is 16.9. The topological polar surface area (TPSA) is 47.9 Å². The van der Waals surface area contributed by atoms with Gasteiger partial charge in [0.2, 0.25) is 0 Å². The molecule has 2 aromatic carbocycles. The molecule has 0 aliphatic heterocycles. The van der Waals surface area contributed by atoms with Crippen LogP contribution in [0.2, 0.25) is 0 Å². The molecule has 0 unspecified atom stereocenters. The minimum absolute atomic E-state index is 0.0694. The molecule has 0 N–H and O–H groups in total. The summed E-state index contributed by atoms with van der Waals surface area (Å²) in [6.45, 7) is 1.92. The van der Waals surface area contributed by atoms with Crippen LogP contribution in [-0.2, 0) is 22.4 Å². The van der Waals surface area contributed by atoms with Gasteiger partial charge in [0, 0.05) is 5.92 Å². The van der Waals surface area contributed by atoms with Gasteiger partial charge in [0.15, 0.2) is 5.78 Å². The molecule has 1 aliphatic carbocycles. The average molecular weight is 391 g/mol. The van der Waals surface area contributed by atoms with Gasteiger partial charge in [-0.05, 0) is 67.3 Å². The quantitative estimate of drug-likeness (QED) is 0.470. The second-order valence-corrected chi connectivity index (χ2v) is 6.70. The Hall–Kier alpha value is -2.83. The summed E-state index contributed by atoms with van der Waals surface area (Å²) in [5.74, 6) is 0.921. The van der Waals surface area contributed by atoms with Crippen molar-refractivity contribution < 1.29 is 27.5 Å². The van der Waals surface area contributed by atoms with Gasteiger partial charge >= 0.3 is 6.18 Å². The number of carbonyl (C=O) groups excluding carboxylic acids is 1. The Balaban J connectivity index is 1.49. The lowest BCUT2D eigenvalue weighted by atomic mass is 10.1. The van der Waals surface area contributed by atoms with Crippen LogP contribution < -0.4 is 4.74 Å². The number of halogens is 3. The van der Waals surface area contributed by atoms with E-state index in [9.17, 15) is 18.0 Å².